The van der Waals surface area contributed by atoms with Crippen molar-refractivity contribution in [3.05, 3.63) is 93.0 Å². The first kappa shape index (κ1) is 33.9. The Kier molecular flexibility index (Phi) is 9.05. The highest BCUT2D eigenvalue weighted by atomic mass is 28.3. The number of benzene rings is 3. The Bertz CT molecular complexity index is 1640. The molecule has 3 aromatic carbocycles. The second kappa shape index (κ2) is 11.7. The van der Waals surface area contributed by atoms with Gasteiger partial charge in [0, 0.05) is 5.57 Å². The van der Waals surface area contributed by atoms with Crippen molar-refractivity contribution >= 4 is 44.8 Å². The molecular formula is C41H53BSi2. The predicted molar refractivity (Wildman–Crippen MR) is 204 cm³/mol. The summed E-state index contributed by atoms with van der Waals surface area (Å²) in [5.74, 6) is 7.40. The Morgan fingerprint density at radius 2 is 0.977 bits per heavy atom. The number of allylic oxidation sites excluding steroid dienone is 1. The lowest BCUT2D eigenvalue weighted by molar-refractivity contribution is 0.590. The topological polar surface area (TPSA) is 0 Å². The van der Waals surface area contributed by atoms with Gasteiger partial charge in [-0.1, -0.05) is 174 Å². The number of rotatable bonds is 1. The summed E-state index contributed by atoms with van der Waals surface area (Å²) in [6, 6.07) is 19.2. The fraction of sp³-hybridized carbons (Fsp3) is 0.415. The van der Waals surface area contributed by atoms with Gasteiger partial charge in [-0.05, 0) is 53.9 Å². The van der Waals surface area contributed by atoms with Crippen LogP contribution >= 0.6 is 0 Å². The molecule has 4 rings (SSSR count). The van der Waals surface area contributed by atoms with Crippen molar-refractivity contribution in [2.45, 2.75) is 112 Å². The molecule has 1 heterocycles. The van der Waals surface area contributed by atoms with Gasteiger partial charge >= 0.3 is 0 Å². The molecule has 0 saturated heterocycles. The summed E-state index contributed by atoms with van der Waals surface area (Å²) in [6.07, 6.45) is 0. The van der Waals surface area contributed by atoms with Crippen molar-refractivity contribution in [3.63, 3.8) is 0 Å². The van der Waals surface area contributed by atoms with Crippen molar-refractivity contribution in [2.75, 3.05) is 0 Å². The molecule has 0 radical (unpaired) electrons. The third kappa shape index (κ3) is 7.45. The monoisotopic (exact) mass is 612 g/mol. The van der Waals surface area contributed by atoms with Crippen LogP contribution in [-0.4, -0.2) is 22.9 Å². The molecule has 0 aliphatic carbocycles. The Labute approximate surface area is 272 Å². The van der Waals surface area contributed by atoms with E-state index in [9.17, 15) is 0 Å². The highest BCUT2D eigenvalue weighted by molar-refractivity contribution is 6.97. The van der Waals surface area contributed by atoms with Gasteiger partial charge < -0.3 is 0 Å². The first-order valence-corrected chi connectivity index (χ1v) is 23.2. The predicted octanol–water partition coefficient (Wildman–Crippen LogP) is 8.60. The van der Waals surface area contributed by atoms with Crippen LogP contribution in [0.4, 0.5) is 0 Å². The number of aryl methyl sites for hydroxylation is 3. The van der Waals surface area contributed by atoms with Gasteiger partial charge in [0.25, 0.3) is 0 Å². The van der Waals surface area contributed by atoms with Crippen LogP contribution < -0.4 is 16.4 Å². The third-order valence-corrected chi connectivity index (χ3v) is 10.1. The summed E-state index contributed by atoms with van der Waals surface area (Å²) in [6.45, 7) is 34.8. The molecular weight excluding hydrogens is 559 g/mol. The zero-order valence-corrected chi connectivity index (χ0v) is 32.2. The minimum absolute atomic E-state index is 0.0342. The van der Waals surface area contributed by atoms with E-state index in [2.05, 4.69) is 173 Å². The molecule has 0 amide bonds. The maximum atomic E-state index is 3.70. The van der Waals surface area contributed by atoms with E-state index in [0.717, 1.165) is 5.57 Å². The molecule has 3 heteroatoms. The van der Waals surface area contributed by atoms with Crippen molar-refractivity contribution in [3.8, 4) is 22.9 Å². The van der Waals surface area contributed by atoms with E-state index in [0.29, 0.717) is 0 Å². The Hall–Kier alpha value is -2.98. The van der Waals surface area contributed by atoms with Crippen LogP contribution in [0.1, 0.15) is 80.5 Å². The molecule has 228 valence electrons. The van der Waals surface area contributed by atoms with Crippen LogP contribution in [0.5, 0.6) is 0 Å². The Morgan fingerprint density at radius 3 is 1.32 bits per heavy atom. The largest absolute Gasteiger partial charge is 0.243 e. The second-order valence-electron chi connectivity index (χ2n) is 17.1. The first-order valence-electron chi connectivity index (χ1n) is 16.2. The van der Waals surface area contributed by atoms with Crippen molar-refractivity contribution in [1.29, 1.82) is 0 Å². The Morgan fingerprint density at radius 1 is 0.591 bits per heavy atom. The van der Waals surface area contributed by atoms with E-state index < -0.39 is 16.1 Å². The summed E-state index contributed by atoms with van der Waals surface area (Å²) < 4.78 is 0. The fourth-order valence-corrected chi connectivity index (χ4v) is 7.19. The average molecular weight is 613 g/mol. The smallest absolute Gasteiger partial charge is 0.126 e. The van der Waals surface area contributed by atoms with Crippen LogP contribution in [0, 0.1) is 43.7 Å². The van der Waals surface area contributed by atoms with Gasteiger partial charge in [-0.2, -0.15) is 0 Å². The first-order chi connectivity index (χ1) is 20.1. The minimum Gasteiger partial charge on any atom is -0.126 e. The zero-order valence-electron chi connectivity index (χ0n) is 30.2. The van der Waals surface area contributed by atoms with Gasteiger partial charge in [-0.3, -0.25) is 0 Å². The van der Waals surface area contributed by atoms with Gasteiger partial charge in [-0.15, -0.1) is 11.1 Å². The van der Waals surface area contributed by atoms with Crippen LogP contribution in [0.25, 0.3) is 5.57 Å². The van der Waals surface area contributed by atoms with E-state index in [4.69, 9.17) is 0 Å². The molecule has 0 unspecified atom stereocenters. The molecule has 0 nitrogen and oxygen atoms in total. The quantitative estimate of drug-likeness (QED) is 0.149. The number of hydrogen-bond acceptors (Lipinski definition) is 0. The van der Waals surface area contributed by atoms with E-state index in [1.54, 1.807) is 0 Å². The normalized spacial score (nSPS) is 13.3. The molecule has 3 aromatic rings. The maximum Gasteiger partial charge on any atom is 0.243 e. The molecule has 1 aliphatic rings. The molecule has 44 heavy (non-hydrogen) atoms. The van der Waals surface area contributed by atoms with Crippen molar-refractivity contribution < 1.29 is 0 Å². The molecule has 0 N–H and O–H groups in total. The van der Waals surface area contributed by atoms with Crippen molar-refractivity contribution in [1.82, 2.24) is 0 Å². The van der Waals surface area contributed by atoms with Crippen LogP contribution in [0.2, 0.25) is 39.3 Å². The van der Waals surface area contributed by atoms with Gasteiger partial charge in [0.15, 0.2) is 0 Å². The van der Waals surface area contributed by atoms with Crippen LogP contribution in [0.15, 0.2) is 54.1 Å². The molecule has 0 atom stereocenters. The molecule has 0 saturated carbocycles. The standard InChI is InChI=1S/C41H53BSi2/c1-28-24-29(2)39(30(3)25-28)42-36-26-32(40(4,5)6)16-18-34(36)38(35-19-17-33(27-37(35)42)41(7,8)9)31(20-22-43(10,11)12)21-23-44(13,14)15/h16-19,24-27H,1-15H3. The van der Waals surface area contributed by atoms with E-state index in [-0.39, 0.29) is 17.5 Å². The van der Waals surface area contributed by atoms with Crippen LogP contribution in [0.3, 0.4) is 0 Å². The SMILES string of the molecule is Cc1cc(C)c(B2c3cc(C(C)(C)C)ccc3C(=C(C#C[Si](C)(C)C)C#C[Si](C)(C)C)c3ccc(C(C)(C)C)cc32)c(C)c1. The lowest BCUT2D eigenvalue weighted by Crippen LogP contribution is -2.58. The molecule has 1 aliphatic heterocycles. The highest BCUT2D eigenvalue weighted by Crippen LogP contribution is 2.34. The molecule has 0 bridgehead atoms. The maximum absolute atomic E-state index is 3.70. The molecule has 0 aromatic heterocycles. The summed E-state index contributed by atoms with van der Waals surface area (Å²) in [7, 11) is -3.29. The molecule has 0 fully saturated rings. The van der Waals surface area contributed by atoms with E-state index >= 15 is 0 Å². The van der Waals surface area contributed by atoms with Gasteiger partial charge in [0.2, 0.25) is 6.71 Å². The average Bonchev–Trinajstić information content (AvgIpc) is 2.85. The summed E-state index contributed by atoms with van der Waals surface area (Å²) in [5.41, 5.74) is 23.2. The summed E-state index contributed by atoms with van der Waals surface area (Å²) in [5, 5.41) is 0. The lowest BCUT2D eigenvalue weighted by atomic mass is 9.31. The fourth-order valence-electron chi connectivity index (χ4n) is 6.19. The number of fused-ring (bicyclic) bond motifs is 2. The molecule has 0 spiro atoms. The van der Waals surface area contributed by atoms with Crippen LogP contribution in [-0.2, 0) is 10.8 Å². The van der Waals surface area contributed by atoms with Gasteiger partial charge in [0.05, 0.1) is 5.57 Å². The van der Waals surface area contributed by atoms with Gasteiger partial charge in [-0.25, -0.2) is 0 Å². The Balaban J connectivity index is 2.28. The van der Waals surface area contributed by atoms with Crippen molar-refractivity contribution in [2.24, 2.45) is 0 Å². The zero-order chi connectivity index (χ0) is 33.0. The van der Waals surface area contributed by atoms with E-state index in [1.165, 1.54) is 60.9 Å². The highest BCUT2D eigenvalue weighted by Gasteiger charge is 2.37. The second-order valence-corrected chi connectivity index (χ2v) is 26.6. The minimum atomic E-state index is -1.65. The third-order valence-electron chi connectivity index (χ3n) is 8.40. The summed E-state index contributed by atoms with van der Waals surface area (Å²) in [4.78, 5) is 0. The van der Waals surface area contributed by atoms with E-state index in [1.807, 2.05) is 0 Å². The summed E-state index contributed by atoms with van der Waals surface area (Å²) >= 11 is 0. The lowest BCUT2D eigenvalue weighted by Gasteiger charge is -2.34. The number of hydrogen-bond donors (Lipinski definition) is 0. The van der Waals surface area contributed by atoms with Gasteiger partial charge in [0.1, 0.15) is 16.1 Å².